The van der Waals surface area contributed by atoms with Crippen LogP contribution in [-0.4, -0.2) is 24.5 Å². The van der Waals surface area contributed by atoms with Gasteiger partial charge in [0.1, 0.15) is 0 Å². The molecule has 3 nitrogen and oxygen atoms in total. The molecule has 0 aliphatic heterocycles. The first-order valence-corrected chi connectivity index (χ1v) is 7.69. The second-order valence-electron chi connectivity index (χ2n) is 6.30. The topological polar surface area (TPSA) is 41.1 Å². The SMILES string of the molecule is CC1CCCC(NCC(=O)NC2CCCC2)C1C. The Morgan fingerprint density at radius 1 is 1.06 bits per heavy atom. The number of carbonyl (C=O) groups excluding carboxylic acids is 1. The van der Waals surface area contributed by atoms with Crippen LogP contribution < -0.4 is 10.6 Å². The van der Waals surface area contributed by atoms with E-state index in [4.69, 9.17) is 0 Å². The zero-order valence-electron chi connectivity index (χ0n) is 11.9. The molecule has 0 heterocycles. The maximum absolute atomic E-state index is 11.9. The first kappa shape index (κ1) is 13.9. The molecular formula is C15H28N2O. The molecule has 2 aliphatic carbocycles. The summed E-state index contributed by atoms with van der Waals surface area (Å²) in [6.45, 7) is 5.14. The van der Waals surface area contributed by atoms with Crippen LogP contribution in [0.25, 0.3) is 0 Å². The van der Waals surface area contributed by atoms with E-state index in [1.165, 1.54) is 44.9 Å². The molecule has 3 unspecified atom stereocenters. The molecule has 0 saturated heterocycles. The minimum atomic E-state index is 0.187. The summed E-state index contributed by atoms with van der Waals surface area (Å²) >= 11 is 0. The number of hydrogen-bond donors (Lipinski definition) is 2. The van der Waals surface area contributed by atoms with Crippen molar-refractivity contribution >= 4 is 5.91 Å². The fraction of sp³-hybridized carbons (Fsp3) is 0.933. The molecule has 2 rings (SSSR count). The normalized spacial score (nSPS) is 33.6. The highest BCUT2D eigenvalue weighted by molar-refractivity contribution is 5.78. The van der Waals surface area contributed by atoms with Crippen molar-refractivity contribution in [3.05, 3.63) is 0 Å². The molecule has 2 N–H and O–H groups in total. The van der Waals surface area contributed by atoms with Crippen molar-refractivity contribution in [3.63, 3.8) is 0 Å². The van der Waals surface area contributed by atoms with Crippen molar-refractivity contribution in [2.24, 2.45) is 11.8 Å². The average molecular weight is 252 g/mol. The highest BCUT2D eigenvalue weighted by Crippen LogP contribution is 2.29. The molecule has 0 aromatic carbocycles. The van der Waals surface area contributed by atoms with Crippen LogP contribution in [0.15, 0.2) is 0 Å². The number of nitrogens with one attached hydrogen (secondary N) is 2. The van der Waals surface area contributed by atoms with E-state index in [2.05, 4.69) is 24.5 Å². The highest BCUT2D eigenvalue weighted by atomic mass is 16.1. The molecule has 2 fully saturated rings. The zero-order chi connectivity index (χ0) is 13.0. The quantitative estimate of drug-likeness (QED) is 0.807. The summed E-state index contributed by atoms with van der Waals surface area (Å²) in [6, 6.07) is 0.977. The molecular weight excluding hydrogens is 224 g/mol. The van der Waals surface area contributed by atoms with Crippen LogP contribution in [-0.2, 0) is 4.79 Å². The second kappa shape index (κ2) is 6.55. The third kappa shape index (κ3) is 3.71. The minimum Gasteiger partial charge on any atom is -0.352 e. The summed E-state index contributed by atoms with van der Waals surface area (Å²) in [5.74, 6) is 1.67. The first-order chi connectivity index (χ1) is 8.66. The second-order valence-corrected chi connectivity index (χ2v) is 6.30. The van der Waals surface area contributed by atoms with Gasteiger partial charge >= 0.3 is 0 Å². The molecule has 0 bridgehead atoms. The Hall–Kier alpha value is -0.570. The van der Waals surface area contributed by atoms with Crippen LogP contribution in [0.5, 0.6) is 0 Å². The maximum Gasteiger partial charge on any atom is 0.234 e. The molecule has 18 heavy (non-hydrogen) atoms. The summed E-state index contributed by atoms with van der Waals surface area (Å²) in [7, 11) is 0. The van der Waals surface area contributed by atoms with E-state index in [-0.39, 0.29) is 5.91 Å². The van der Waals surface area contributed by atoms with Crippen LogP contribution >= 0.6 is 0 Å². The monoisotopic (exact) mass is 252 g/mol. The summed E-state index contributed by atoms with van der Waals surface area (Å²) in [5.41, 5.74) is 0. The van der Waals surface area contributed by atoms with Crippen LogP contribution in [0, 0.1) is 11.8 Å². The fourth-order valence-corrected chi connectivity index (χ4v) is 3.44. The van der Waals surface area contributed by atoms with E-state index in [0.717, 1.165) is 5.92 Å². The summed E-state index contributed by atoms with van der Waals surface area (Å²) < 4.78 is 0. The van der Waals surface area contributed by atoms with Crippen molar-refractivity contribution in [3.8, 4) is 0 Å². The van der Waals surface area contributed by atoms with Crippen molar-refractivity contribution < 1.29 is 4.79 Å². The standard InChI is InChI=1S/C15H28N2O/c1-11-6-5-9-14(12(11)2)16-10-15(18)17-13-7-3-4-8-13/h11-14,16H,3-10H2,1-2H3,(H,17,18). The van der Waals surface area contributed by atoms with Gasteiger partial charge in [-0.25, -0.2) is 0 Å². The van der Waals surface area contributed by atoms with Crippen molar-refractivity contribution in [2.45, 2.75) is 70.9 Å². The van der Waals surface area contributed by atoms with Crippen LogP contribution in [0.4, 0.5) is 0 Å². The van der Waals surface area contributed by atoms with Gasteiger partial charge in [-0.15, -0.1) is 0 Å². The number of rotatable bonds is 4. The Morgan fingerprint density at radius 2 is 1.78 bits per heavy atom. The molecule has 3 atom stereocenters. The lowest BCUT2D eigenvalue weighted by Gasteiger charge is -2.34. The van der Waals surface area contributed by atoms with Crippen molar-refractivity contribution in [1.82, 2.24) is 10.6 Å². The minimum absolute atomic E-state index is 0.187. The lowest BCUT2D eigenvalue weighted by atomic mass is 9.78. The van der Waals surface area contributed by atoms with Crippen LogP contribution in [0.3, 0.4) is 0 Å². The van der Waals surface area contributed by atoms with Gasteiger partial charge in [0, 0.05) is 12.1 Å². The van der Waals surface area contributed by atoms with Crippen LogP contribution in [0.2, 0.25) is 0 Å². The predicted octanol–water partition coefficient (Wildman–Crippen LogP) is 2.46. The van der Waals surface area contributed by atoms with Gasteiger partial charge in [-0.05, 0) is 31.1 Å². The van der Waals surface area contributed by atoms with Gasteiger partial charge in [-0.2, -0.15) is 0 Å². The van der Waals surface area contributed by atoms with Gasteiger partial charge in [-0.1, -0.05) is 39.5 Å². The fourth-order valence-electron chi connectivity index (χ4n) is 3.44. The molecule has 1 amide bonds. The first-order valence-electron chi connectivity index (χ1n) is 7.69. The lowest BCUT2D eigenvalue weighted by molar-refractivity contribution is -0.121. The molecule has 2 saturated carbocycles. The molecule has 3 heteroatoms. The van der Waals surface area contributed by atoms with E-state index < -0.39 is 0 Å². The Labute approximate surface area is 111 Å². The average Bonchev–Trinajstić information content (AvgIpc) is 2.84. The molecule has 0 aromatic rings. The van der Waals surface area contributed by atoms with Gasteiger partial charge in [0.2, 0.25) is 5.91 Å². The van der Waals surface area contributed by atoms with Gasteiger partial charge in [0.05, 0.1) is 6.54 Å². The van der Waals surface area contributed by atoms with Crippen LogP contribution in [0.1, 0.15) is 58.8 Å². The molecule has 0 radical (unpaired) electrons. The molecule has 2 aliphatic rings. The predicted molar refractivity (Wildman–Crippen MR) is 74.4 cm³/mol. The molecule has 0 aromatic heterocycles. The third-order valence-electron chi connectivity index (χ3n) is 4.95. The maximum atomic E-state index is 11.9. The largest absolute Gasteiger partial charge is 0.352 e. The van der Waals surface area contributed by atoms with E-state index in [9.17, 15) is 4.79 Å². The van der Waals surface area contributed by atoms with E-state index in [0.29, 0.717) is 24.5 Å². The Bertz CT molecular complexity index is 274. The number of carbonyl (C=O) groups is 1. The summed E-state index contributed by atoms with van der Waals surface area (Å²) in [5, 5.41) is 6.61. The number of amides is 1. The zero-order valence-corrected chi connectivity index (χ0v) is 11.9. The number of hydrogen-bond acceptors (Lipinski definition) is 2. The Balaban J connectivity index is 1.68. The Kier molecular flexibility index (Phi) is 5.04. The van der Waals surface area contributed by atoms with Gasteiger partial charge < -0.3 is 10.6 Å². The summed E-state index contributed by atoms with van der Waals surface area (Å²) in [4.78, 5) is 11.9. The Morgan fingerprint density at radius 3 is 2.50 bits per heavy atom. The summed E-state index contributed by atoms with van der Waals surface area (Å²) in [6.07, 6.45) is 8.75. The van der Waals surface area contributed by atoms with Gasteiger partial charge in [-0.3, -0.25) is 4.79 Å². The third-order valence-corrected chi connectivity index (χ3v) is 4.95. The molecule has 0 spiro atoms. The van der Waals surface area contributed by atoms with E-state index in [1.54, 1.807) is 0 Å². The molecule has 104 valence electrons. The van der Waals surface area contributed by atoms with Gasteiger partial charge in [0.15, 0.2) is 0 Å². The van der Waals surface area contributed by atoms with E-state index >= 15 is 0 Å². The van der Waals surface area contributed by atoms with Crippen molar-refractivity contribution in [1.29, 1.82) is 0 Å². The smallest absolute Gasteiger partial charge is 0.234 e. The van der Waals surface area contributed by atoms with Crippen molar-refractivity contribution in [2.75, 3.05) is 6.54 Å². The highest BCUT2D eigenvalue weighted by Gasteiger charge is 2.27. The van der Waals surface area contributed by atoms with Gasteiger partial charge in [0.25, 0.3) is 0 Å². The van der Waals surface area contributed by atoms with E-state index in [1.807, 2.05) is 0 Å². The lowest BCUT2D eigenvalue weighted by Crippen LogP contribution is -2.46.